The molecule has 0 aliphatic carbocycles. The highest BCUT2D eigenvalue weighted by Gasteiger charge is 2.26. The lowest BCUT2D eigenvalue weighted by molar-refractivity contribution is 0.0937. The Morgan fingerprint density at radius 3 is 2.59 bits per heavy atom. The first-order valence-corrected chi connectivity index (χ1v) is 14.3. The van der Waals surface area contributed by atoms with Crippen LogP contribution in [0.4, 0.5) is 0 Å². The molecule has 12 heteroatoms. The average Bonchev–Trinajstić information content (AvgIpc) is 3.36. The number of nitrogen functional groups attached to an aromatic ring is 1. The van der Waals surface area contributed by atoms with Crippen molar-refractivity contribution >= 4 is 43.3 Å². The predicted octanol–water partition coefficient (Wildman–Crippen LogP) is 3.23. The van der Waals surface area contributed by atoms with Gasteiger partial charge in [0, 0.05) is 24.8 Å². The lowest BCUT2D eigenvalue weighted by Gasteiger charge is -2.18. The normalized spacial score (nSPS) is 12.3. The van der Waals surface area contributed by atoms with Gasteiger partial charge in [0.15, 0.2) is 0 Å². The maximum Gasteiger partial charge on any atom is 0.251 e. The fourth-order valence-electron chi connectivity index (χ4n) is 3.91. The third-order valence-electron chi connectivity index (χ3n) is 5.88. The number of aromatic nitrogens is 1. The first-order valence-electron chi connectivity index (χ1n) is 12.0. The molecule has 39 heavy (non-hydrogen) atoms. The number of ether oxygens (including phenoxy) is 2. The van der Waals surface area contributed by atoms with Crippen LogP contribution in [0, 0.1) is 5.41 Å². The number of methoxy groups -OCH3 is 2. The third-order valence-corrected chi connectivity index (χ3v) is 8.48. The maximum atomic E-state index is 13.6. The lowest BCUT2D eigenvalue weighted by Crippen LogP contribution is -2.31. The summed E-state index contributed by atoms with van der Waals surface area (Å²) in [6.07, 6.45) is 0.258. The van der Waals surface area contributed by atoms with E-state index in [-0.39, 0.29) is 22.7 Å². The van der Waals surface area contributed by atoms with Crippen LogP contribution < -0.4 is 20.5 Å². The van der Waals surface area contributed by atoms with E-state index < -0.39 is 22.0 Å². The molecule has 0 radical (unpaired) electrons. The zero-order valence-electron chi connectivity index (χ0n) is 21.4. The number of benzene rings is 3. The fraction of sp³-hybridized carbons (Fsp3) is 0.222. The van der Waals surface area contributed by atoms with Crippen LogP contribution >= 0.6 is 11.3 Å². The summed E-state index contributed by atoms with van der Waals surface area (Å²) in [5, 5.41) is 11.0. The summed E-state index contributed by atoms with van der Waals surface area (Å²) in [6, 6.07) is 17.7. The Kier molecular flexibility index (Phi) is 8.92. The lowest BCUT2D eigenvalue weighted by atomic mass is 10.0. The molecule has 0 bridgehead atoms. The van der Waals surface area contributed by atoms with Crippen molar-refractivity contribution in [1.29, 1.82) is 5.41 Å². The van der Waals surface area contributed by atoms with Crippen LogP contribution in [0.25, 0.3) is 10.2 Å². The summed E-state index contributed by atoms with van der Waals surface area (Å²) < 4.78 is 41.0. The molecule has 0 aliphatic heterocycles. The Morgan fingerprint density at radius 2 is 1.85 bits per heavy atom. The van der Waals surface area contributed by atoms with Gasteiger partial charge in [-0.15, -0.1) is 11.3 Å². The first kappa shape index (κ1) is 28.2. The number of nitrogens with two attached hydrogens (primary N) is 1. The molecule has 1 aromatic heterocycles. The Morgan fingerprint density at radius 1 is 1.08 bits per heavy atom. The SMILES string of the molecule is COCCNC(=O)c1cccc(S(=O)(=O)NC(Cc2cccc(C(=N)N)c2)c2nc3ccc(OC)cc3s2)c1. The summed E-state index contributed by atoms with van der Waals surface area (Å²) in [4.78, 5) is 17.1. The van der Waals surface area contributed by atoms with Crippen LogP contribution in [0.3, 0.4) is 0 Å². The number of rotatable bonds is 12. The number of carbonyl (C=O) groups is 1. The third kappa shape index (κ3) is 6.98. The molecule has 1 amide bonds. The summed E-state index contributed by atoms with van der Waals surface area (Å²) >= 11 is 1.36. The molecule has 1 atom stereocenters. The molecule has 0 spiro atoms. The Hall–Kier alpha value is -3.84. The van der Waals surface area contributed by atoms with Crippen molar-refractivity contribution in [3.05, 3.63) is 88.4 Å². The maximum absolute atomic E-state index is 13.6. The van der Waals surface area contributed by atoms with Crippen molar-refractivity contribution < 1.29 is 22.7 Å². The van der Waals surface area contributed by atoms with Crippen LogP contribution in [0.2, 0.25) is 0 Å². The molecule has 0 fully saturated rings. The number of carbonyl (C=O) groups excluding carboxylic acids is 1. The van der Waals surface area contributed by atoms with Gasteiger partial charge in [-0.05, 0) is 54.4 Å². The van der Waals surface area contributed by atoms with Gasteiger partial charge in [0.1, 0.15) is 16.6 Å². The molecule has 204 valence electrons. The van der Waals surface area contributed by atoms with Gasteiger partial charge >= 0.3 is 0 Å². The van der Waals surface area contributed by atoms with Gasteiger partial charge in [-0.25, -0.2) is 18.1 Å². The van der Waals surface area contributed by atoms with Crippen molar-refractivity contribution in [2.75, 3.05) is 27.4 Å². The summed E-state index contributed by atoms with van der Waals surface area (Å²) in [6.45, 7) is 0.639. The topological polar surface area (TPSA) is 156 Å². The van der Waals surface area contributed by atoms with Gasteiger partial charge < -0.3 is 20.5 Å². The number of nitrogens with one attached hydrogen (secondary N) is 3. The van der Waals surface area contributed by atoms with Crippen LogP contribution in [0.1, 0.15) is 32.5 Å². The smallest absolute Gasteiger partial charge is 0.251 e. The van der Waals surface area contributed by atoms with Gasteiger partial charge in [0.2, 0.25) is 10.0 Å². The number of fused-ring (bicyclic) bond motifs is 1. The fourth-order valence-corrected chi connectivity index (χ4v) is 6.28. The minimum Gasteiger partial charge on any atom is -0.497 e. The van der Waals surface area contributed by atoms with Gasteiger partial charge in [0.25, 0.3) is 5.91 Å². The number of hydrogen-bond donors (Lipinski definition) is 4. The van der Waals surface area contributed by atoms with Gasteiger partial charge in [-0.3, -0.25) is 10.2 Å². The van der Waals surface area contributed by atoms with E-state index >= 15 is 0 Å². The molecule has 0 saturated carbocycles. The van der Waals surface area contributed by atoms with E-state index in [0.29, 0.717) is 35.0 Å². The molecule has 0 saturated heterocycles. The van der Waals surface area contributed by atoms with Crippen LogP contribution in [0.5, 0.6) is 5.75 Å². The van der Waals surface area contributed by atoms with Crippen molar-refractivity contribution in [3.8, 4) is 5.75 Å². The summed E-state index contributed by atoms with van der Waals surface area (Å²) in [7, 11) is -0.960. The van der Waals surface area contributed by atoms with Crippen molar-refractivity contribution in [1.82, 2.24) is 15.0 Å². The molecule has 0 aliphatic rings. The van der Waals surface area contributed by atoms with Crippen LogP contribution in [0.15, 0.2) is 71.6 Å². The largest absolute Gasteiger partial charge is 0.497 e. The number of nitrogens with zero attached hydrogens (tertiary/aromatic N) is 1. The predicted molar refractivity (Wildman–Crippen MR) is 151 cm³/mol. The zero-order chi connectivity index (χ0) is 28.0. The molecule has 5 N–H and O–H groups in total. The molecule has 10 nitrogen and oxygen atoms in total. The summed E-state index contributed by atoms with van der Waals surface area (Å²) in [5.74, 6) is 0.188. The van der Waals surface area contributed by atoms with E-state index in [1.807, 2.05) is 18.2 Å². The van der Waals surface area contributed by atoms with Crippen molar-refractivity contribution in [2.45, 2.75) is 17.4 Å². The number of sulfonamides is 1. The van der Waals surface area contributed by atoms with E-state index in [4.69, 9.17) is 25.6 Å². The van der Waals surface area contributed by atoms with E-state index in [0.717, 1.165) is 10.3 Å². The molecular formula is C27H29N5O5S2. The number of hydrogen-bond acceptors (Lipinski definition) is 8. The molecule has 3 aromatic carbocycles. The number of amidine groups is 1. The molecule has 4 aromatic rings. The van der Waals surface area contributed by atoms with E-state index in [2.05, 4.69) is 10.0 Å². The summed E-state index contributed by atoms with van der Waals surface area (Å²) in [5.41, 5.74) is 7.91. The highest BCUT2D eigenvalue weighted by molar-refractivity contribution is 7.89. The monoisotopic (exact) mass is 567 g/mol. The Bertz CT molecular complexity index is 1600. The number of amides is 1. The van der Waals surface area contributed by atoms with Crippen molar-refractivity contribution in [3.63, 3.8) is 0 Å². The van der Waals surface area contributed by atoms with Gasteiger partial charge in [-0.1, -0.05) is 24.3 Å². The molecule has 1 heterocycles. The van der Waals surface area contributed by atoms with E-state index in [9.17, 15) is 13.2 Å². The number of thiazole rings is 1. The molecular weight excluding hydrogens is 538 g/mol. The second-order valence-corrected chi connectivity index (χ2v) is 11.4. The van der Waals surface area contributed by atoms with Gasteiger partial charge in [0.05, 0.1) is 34.9 Å². The molecule has 4 rings (SSSR count). The average molecular weight is 568 g/mol. The minimum absolute atomic E-state index is 0.0489. The van der Waals surface area contributed by atoms with E-state index in [1.165, 1.54) is 36.6 Å². The van der Waals surface area contributed by atoms with Gasteiger partial charge in [-0.2, -0.15) is 0 Å². The second-order valence-electron chi connectivity index (χ2n) is 8.65. The minimum atomic E-state index is -4.07. The van der Waals surface area contributed by atoms with E-state index in [1.54, 1.807) is 37.4 Å². The highest BCUT2D eigenvalue weighted by Crippen LogP contribution is 2.32. The quantitative estimate of drug-likeness (QED) is 0.116. The Balaban J connectivity index is 1.68. The van der Waals surface area contributed by atoms with Crippen LogP contribution in [-0.4, -0.2) is 52.5 Å². The highest BCUT2D eigenvalue weighted by atomic mass is 32.2. The standard InChI is InChI=1S/C27H29N5O5S2/c1-36-12-11-30-26(33)19-7-4-8-21(15-19)39(34,35)32-23(14-17-5-3-6-18(13-17)25(28)29)27-31-22-10-9-20(37-2)16-24(22)38-27/h3-10,13,15-16,23,32H,11-12,14H2,1-2H3,(H3,28,29)(H,30,33). The Labute approximate surface area is 230 Å². The van der Waals surface area contributed by atoms with Crippen LogP contribution in [-0.2, 0) is 21.2 Å². The first-order chi connectivity index (χ1) is 18.7. The molecule has 1 unspecified atom stereocenters. The van der Waals surface area contributed by atoms with Crippen molar-refractivity contribution in [2.24, 2.45) is 5.73 Å². The second kappa shape index (κ2) is 12.3. The zero-order valence-corrected chi connectivity index (χ0v) is 23.1.